The number of carboxylic acid groups (broad SMARTS) is 1. The zero-order chi connectivity index (χ0) is 9.35. The molecule has 1 N–H and O–H groups in total. The average Bonchev–Trinajstić information content (AvgIpc) is 1.97. The van der Waals surface area contributed by atoms with E-state index in [1.165, 1.54) is 6.42 Å². The molecule has 0 aromatic heterocycles. The molecule has 0 aliphatic heterocycles. The molecule has 70 valence electrons. The van der Waals surface area contributed by atoms with E-state index >= 15 is 0 Å². The van der Waals surface area contributed by atoms with E-state index in [4.69, 9.17) is 5.11 Å². The molecule has 12 heavy (non-hydrogen) atoms. The van der Waals surface area contributed by atoms with Crippen LogP contribution in [0.1, 0.15) is 40.0 Å². The zero-order valence-electron chi connectivity index (χ0n) is 8.13. The van der Waals surface area contributed by atoms with E-state index in [0.29, 0.717) is 11.8 Å². The maximum atomic E-state index is 11.0. The summed E-state index contributed by atoms with van der Waals surface area (Å²) in [6.45, 7) is 6.09. The van der Waals surface area contributed by atoms with Crippen LogP contribution in [0.2, 0.25) is 0 Å². The molecule has 0 aromatic carbocycles. The Labute approximate surface area is 74.0 Å². The molecular weight excluding hydrogens is 152 g/mol. The highest BCUT2D eigenvalue weighted by Crippen LogP contribution is 2.43. The molecule has 0 unspecified atom stereocenters. The summed E-state index contributed by atoms with van der Waals surface area (Å²) >= 11 is 0. The van der Waals surface area contributed by atoms with E-state index in [1.807, 2.05) is 6.92 Å². The van der Waals surface area contributed by atoms with E-state index < -0.39 is 11.4 Å². The minimum atomic E-state index is -0.624. The molecule has 0 spiro atoms. The van der Waals surface area contributed by atoms with Crippen molar-refractivity contribution in [3.63, 3.8) is 0 Å². The highest BCUT2D eigenvalue weighted by atomic mass is 16.4. The molecule has 3 atom stereocenters. The van der Waals surface area contributed by atoms with E-state index in [1.54, 1.807) is 0 Å². The Kier molecular flexibility index (Phi) is 2.45. The Morgan fingerprint density at radius 3 is 2.42 bits per heavy atom. The fourth-order valence-electron chi connectivity index (χ4n) is 2.18. The second kappa shape index (κ2) is 3.08. The molecule has 0 aromatic rings. The van der Waals surface area contributed by atoms with E-state index in [-0.39, 0.29) is 0 Å². The second-order valence-corrected chi connectivity index (χ2v) is 4.51. The van der Waals surface area contributed by atoms with Crippen LogP contribution in [0, 0.1) is 17.3 Å². The van der Waals surface area contributed by atoms with Crippen molar-refractivity contribution >= 4 is 5.97 Å². The van der Waals surface area contributed by atoms with Gasteiger partial charge in [0.1, 0.15) is 0 Å². The van der Waals surface area contributed by atoms with Crippen molar-refractivity contribution < 1.29 is 9.90 Å². The molecule has 1 rings (SSSR count). The quantitative estimate of drug-likeness (QED) is 0.656. The van der Waals surface area contributed by atoms with Gasteiger partial charge in [-0.2, -0.15) is 0 Å². The Hall–Kier alpha value is -0.530. The van der Waals surface area contributed by atoms with Crippen LogP contribution in [0.3, 0.4) is 0 Å². The number of carbonyl (C=O) groups is 1. The van der Waals surface area contributed by atoms with Crippen molar-refractivity contribution in [3.8, 4) is 0 Å². The van der Waals surface area contributed by atoms with Gasteiger partial charge in [-0.3, -0.25) is 4.79 Å². The van der Waals surface area contributed by atoms with Gasteiger partial charge in [-0.25, -0.2) is 0 Å². The molecule has 0 heterocycles. The second-order valence-electron chi connectivity index (χ2n) is 4.51. The van der Waals surface area contributed by atoms with E-state index in [9.17, 15) is 4.79 Å². The van der Waals surface area contributed by atoms with Crippen LogP contribution < -0.4 is 0 Å². The van der Waals surface area contributed by atoms with Gasteiger partial charge in [-0.15, -0.1) is 0 Å². The molecule has 2 heteroatoms. The third-order valence-corrected chi connectivity index (χ3v) is 3.44. The van der Waals surface area contributed by atoms with Gasteiger partial charge >= 0.3 is 5.97 Å². The maximum Gasteiger partial charge on any atom is 0.309 e. The van der Waals surface area contributed by atoms with E-state index in [2.05, 4.69) is 13.8 Å². The lowest BCUT2D eigenvalue weighted by molar-refractivity contribution is -0.154. The summed E-state index contributed by atoms with van der Waals surface area (Å²) in [6.07, 6.45) is 3.08. The third kappa shape index (κ3) is 1.47. The first-order valence-corrected chi connectivity index (χ1v) is 4.70. The molecular formula is C10H18O2. The number of rotatable bonds is 1. The van der Waals surface area contributed by atoms with Gasteiger partial charge in [-0.05, 0) is 31.6 Å². The fraction of sp³-hybridized carbons (Fsp3) is 0.900. The van der Waals surface area contributed by atoms with Crippen LogP contribution in [-0.2, 0) is 4.79 Å². The SMILES string of the molecule is C[C@@H]1CC[C@H](C)[C@](C)(C(=O)O)C1. The lowest BCUT2D eigenvalue weighted by Crippen LogP contribution is -2.39. The standard InChI is InChI=1S/C10H18O2/c1-7-4-5-8(2)10(3,6-7)9(11)12/h7-8H,4-6H2,1-3H3,(H,11,12)/t7-,8+,10-/m1/s1. The lowest BCUT2D eigenvalue weighted by Gasteiger charge is -2.38. The first kappa shape index (κ1) is 9.56. The topological polar surface area (TPSA) is 37.3 Å². The summed E-state index contributed by atoms with van der Waals surface area (Å²) in [5, 5.41) is 9.09. The Bertz CT molecular complexity index is 188. The van der Waals surface area contributed by atoms with Crippen molar-refractivity contribution in [1.82, 2.24) is 0 Å². The summed E-state index contributed by atoms with van der Waals surface area (Å²) < 4.78 is 0. The normalized spacial score (nSPS) is 42.6. The lowest BCUT2D eigenvalue weighted by atomic mass is 9.65. The van der Waals surface area contributed by atoms with Gasteiger partial charge in [0.2, 0.25) is 0 Å². The number of hydrogen-bond acceptors (Lipinski definition) is 1. The minimum absolute atomic E-state index is 0.325. The summed E-state index contributed by atoms with van der Waals surface area (Å²) in [7, 11) is 0. The van der Waals surface area contributed by atoms with Gasteiger partial charge in [0.05, 0.1) is 5.41 Å². The fourth-order valence-corrected chi connectivity index (χ4v) is 2.18. The van der Waals surface area contributed by atoms with Crippen LogP contribution in [0.5, 0.6) is 0 Å². The summed E-state index contributed by atoms with van der Waals surface area (Å²) in [5.74, 6) is 0.273. The van der Waals surface area contributed by atoms with Crippen LogP contribution in [0.15, 0.2) is 0 Å². The molecule has 1 aliphatic carbocycles. The van der Waals surface area contributed by atoms with Gasteiger partial charge < -0.3 is 5.11 Å². The van der Waals surface area contributed by atoms with Crippen molar-refractivity contribution in [3.05, 3.63) is 0 Å². The molecule has 0 bridgehead atoms. The number of aliphatic carboxylic acids is 1. The first-order valence-electron chi connectivity index (χ1n) is 4.70. The van der Waals surface area contributed by atoms with Gasteiger partial charge in [0.15, 0.2) is 0 Å². The molecule has 1 saturated carbocycles. The van der Waals surface area contributed by atoms with Gasteiger partial charge in [0, 0.05) is 0 Å². The molecule has 1 aliphatic rings. The summed E-state index contributed by atoms with van der Waals surface area (Å²) in [4.78, 5) is 11.0. The molecule has 0 saturated heterocycles. The smallest absolute Gasteiger partial charge is 0.309 e. The highest BCUT2D eigenvalue weighted by Gasteiger charge is 2.42. The number of carboxylic acids is 1. The highest BCUT2D eigenvalue weighted by molar-refractivity contribution is 5.74. The largest absolute Gasteiger partial charge is 0.481 e. The van der Waals surface area contributed by atoms with Crippen molar-refractivity contribution in [2.24, 2.45) is 17.3 Å². The third-order valence-electron chi connectivity index (χ3n) is 3.44. The van der Waals surface area contributed by atoms with Gasteiger partial charge in [-0.1, -0.05) is 20.3 Å². The first-order chi connectivity index (χ1) is 5.47. The van der Waals surface area contributed by atoms with Gasteiger partial charge in [0.25, 0.3) is 0 Å². The maximum absolute atomic E-state index is 11.0. The van der Waals surface area contributed by atoms with Crippen molar-refractivity contribution in [2.45, 2.75) is 40.0 Å². The van der Waals surface area contributed by atoms with Crippen LogP contribution >= 0.6 is 0 Å². The predicted molar refractivity (Wildman–Crippen MR) is 47.9 cm³/mol. The molecule has 2 nitrogen and oxygen atoms in total. The zero-order valence-corrected chi connectivity index (χ0v) is 8.13. The Morgan fingerprint density at radius 2 is 2.00 bits per heavy atom. The van der Waals surface area contributed by atoms with E-state index in [0.717, 1.165) is 12.8 Å². The summed E-state index contributed by atoms with van der Waals surface area (Å²) in [6, 6.07) is 0. The van der Waals surface area contributed by atoms with Crippen LogP contribution in [0.25, 0.3) is 0 Å². The average molecular weight is 170 g/mol. The monoisotopic (exact) mass is 170 g/mol. The Balaban J connectivity index is 2.77. The number of hydrogen-bond donors (Lipinski definition) is 1. The predicted octanol–water partition coefficient (Wildman–Crippen LogP) is 2.53. The van der Waals surface area contributed by atoms with Crippen molar-refractivity contribution in [2.75, 3.05) is 0 Å². The Morgan fingerprint density at radius 1 is 1.42 bits per heavy atom. The molecule has 0 radical (unpaired) electrons. The van der Waals surface area contributed by atoms with Crippen LogP contribution in [-0.4, -0.2) is 11.1 Å². The molecule has 1 fully saturated rings. The van der Waals surface area contributed by atoms with Crippen LogP contribution in [0.4, 0.5) is 0 Å². The minimum Gasteiger partial charge on any atom is -0.481 e. The summed E-state index contributed by atoms with van der Waals surface area (Å²) in [5.41, 5.74) is -0.475. The molecule has 0 amide bonds. The van der Waals surface area contributed by atoms with Crippen molar-refractivity contribution in [1.29, 1.82) is 0 Å².